The molecule has 1 amide bonds. The summed E-state index contributed by atoms with van der Waals surface area (Å²) < 4.78 is 27.6. The largest absolute Gasteiger partial charge is 0.496 e. The van der Waals surface area contributed by atoms with Crippen LogP contribution in [0.15, 0.2) is 46.9 Å². The van der Waals surface area contributed by atoms with Crippen LogP contribution >= 0.6 is 0 Å². The van der Waals surface area contributed by atoms with Gasteiger partial charge in [0.1, 0.15) is 28.7 Å². The van der Waals surface area contributed by atoms with Gasteiger partial charge in [-0.1, -0.05) is 31.5 Å². The van der Waals surface area contributed by atoms with E-state index in [0.717, 1.165) is 29.7 Å². The number of anilines is 1. The van der Waals surface area contributed by atoms with Gasteiger partial charge in [0.2, 0.25) is 0 Å². The quantitative estimate of drug-likeness (QED) is 0.480. The van der Waals surface area contributed by atoms with E-state index >= 15 is 0 Å². The SMILES string of the molecule is CCCc1cccc(C)c1Oc1ccc(C(=O)Nc2c(OC)cc(OC)cc2OC)o1. The molecule has 0 spiro atoms. The molecule has 3 rings (SSSR count). The fraction of sp³-hybridized carbons (Fsp3) is 0.292. The van der Waals surface area contributed by atoms with Crippen LogP contribution in [0.4, 0.5) is 5.69 Å². The van der Waals surface area contributed by atoms with Gasteiger partial charge in [-0.3, -0.25) is 4.79 Å². The second kappa shape index (κ2) is 9.93. The third kappa shape index (κ3) is 4.94. The first-order valence-electron chi connectivity index (χ1n) is 9.98. The van der Waals surface area contributed by atoms with E-state index in [1.165, 1.54) is 21.3 Å². The number of nitrogens with one attached hydrogen (secondary N) is 1. The minimum absolute atomic E-state index is 0.0977. The summed E-state index contributed by atoms with van der Waals surface area (Å²) in [7, 11) is 4.54. The van der Waals surface area contributed by atoms with Gasteiger partial charge < -0.3 is 28.7 Å². The molecule has 164 valence electrons. The van der Waals surface area contributed by atoms with Crippen LogP contribution < -0.4 is 24.3 Å². The van der Waals surface area contributed by atoms with Gasteiger partial charge in [0.15, 0.2) is 5.76 Å². The molecule has 7 nitrogen and oxygen atoms in total. The molecule has 0 radical (unpaired) electrons. The highest BCUT2D eigenvalue weighted by Crippen LogP contribution is 2.39. The van der Waals surface area contributed by atoms with E-state index in [-0.39, 0.29) is 11.7 Å². The Balaban J connectivity index is 1.82. The van der Waals surface area contributed by atoms with Crippen LogP contribution in [-0.4, -0.2) is 27.2 Å². The lowest BCUT2D eigenvalue weighted by molar-refractivity contribution is 0.0991. The fourth-order valence-electron chi connectivity index (χ4n) is 3.23. The average Bonchev–Trinajstić information content (AvgIpc) is 3.25. The lowest BCUT2D eigenvalue weighted by atomic mass is 10.1. The fourth-order valence-corrected chi connectivity index (χ4v) is 3.23. The van der Waals surface area contributed by atoms with Gasteiger partial charge in [-0.05, 0) is 30.5 Å². The lowest BCUT2D eigenvalue weighted by Gasteiger charge is -2.15. The van der Waals surface area contributed by atoms with Crippen LogP contribution in [0.3, 0.4) is 0 Å². The van der Waals surface area contributed by atoms with Crippen LogP contribution in [0.1, 0.15) is 35.0 Å². The molecule has 0 saturated heterocycles. The van der Waals surface area contributed by atoms with Crippen molar-refractivity contribution in [3.05, 3.63) is 59.4 Å². The Hall–Kier alpha value is -3.61. The van der Waals surface area contributed by atoms with Gasteiger partial charge >= 0.3 is 0 Å². The number of carbonyl (C=O) groups is 1. The first-order valence-corrected chi connectivity index (χ1v) is 9.98. The Morgan fingerprint density at radius 2 is 1.71 bits per heavy atom. The maximum absolute atomic E-state index is 12.8. The Morgan fingerprint density at radius 1 is 1.00 bits per heavy atom. The number of carbonyl (C=O) groups excluding carboxylic acids is 1. The summed E-state index contributed by atoms with van der Waals surface area (Å²) in [4.78, 5) is 12.8. The second-order valence-electron chi connectivity index (χ2n) is 6.89. The number of aryl methyl sites for hydroxylation is 2. The molecule has 1 heterocycles. The first kappa shape index (κ1) is 22.1. The molecule has 1 aromatic heterocycles. The van der Waals surface area contributed by atoms with Crippen LogP contribution in [0, 0.1) is 6.92 Å². The number of furan rings is 1. The lowest BCUT2D eigenvalue weighted by Crippen LogP contribution is -2.13. The Morgan fingerprint density at radius 3 is 2.32 bits per heavy atom. The van der Waals surface area contributed by atoms with Crippen LogP contribution in [0.25, 0.3) is 0 Å². The predicted octanol–water partition coefficient (Wildman–Crippen LogP) is 5.61. The molecule has 0 fully saturated rings. The Bertz CT molecular complexity index is 1030. The van der Waals surface area contributed by atoms with E-state index < -0.39 is 5.91 Å². The molecule has 0 aliphatic carbocycles. The number of methoxy groups -OCH3 is 3. The molecular formula is C24H27NO6. The van der Waals surface area contributed by atoms with Crippen molar-refractivity contribution in [2.75, 3.05) is 26.6 Å². The molecule has 2 aromatic carbocycles. The summed E-state index contributed by atoms with van der Waals surface area (Å²) in [5.41, 5.74) is 2.47. The van der Waals surface area contributed by atoms with Gasteiger partial charge in [0.05, 0.1) is 21.3 Å². The highest BCUT2D eigenvalue weighted by molar-refractivity contribution is 6.04. The molecule has 0 unspecified atom stereocenters. The smallest absolute Gasteiger partial charge is 0.291 e. The third-order valence-corrected chi connectivity index (χ3v) is 4.77. The molecular weight excluding hydrogens is 398 g/mol. The topological polar surface area (TPSA) is 79.2 Å². The van der Waals surface area contributed by atoms with Crippen molar-refractivity contribution in [1.82, 2.24) is 0 Å². The molecule has 0 bridgehead atoms. The molecule has 7 heteroatoms. The van der Waals surface area contributed by atoms with E-state index in [1.807, 2.05) is 25.1 Å². The normalized spacial score (nSPS) is 10.5. The van der Waals surface area contributed by atoms with Gasteiger partial charge in [-0.15, -0.1) is 0 Å². The standard InChI is InChI=1S/C24H27NO6/c1-6-8-16-10-7-9-15(2)23(16)31-21-12-11-18(30-21)24(26)25-22-19(28-4)13-17(27-3)14-20(22)29-5/h7,9-14H,6,8H2,1-5H3,(H,25,26). The number of ether oxygens (including phenoxy) is 4. The summed E-state index contributed by atoms with van der Waals surface area (Å²) in [6.45, 7) is 4.09. The summed E-state index contributed by atoms with van der Waals surface area (Å²) in [5.74, 6) is 1.97. The minimum Gasteiger partial charge on any atom is -0.496 e. The predicted molar refractivity (Wildman–Crippen MR) is 118 cm³/mol. The second-order valence-corrected chi connectivity index (χ2v) is 6.89. The van der Waals surface area contributed by atoms with Crippen LogP contribution in [-0.2, 0) is 6.42 Å². The molecule has 31 heavy (non-hydrogen) atoms. The number of amides is 1. The molecule has 0 aliphatic rings. The number of benzene rings is 2. The van der Waals surface area contributed by atoms with Crippen LogP contribution in [0.5, 0.6) is 28.9 Å². The zero-order valence-electron chi connectivity index (χ0n) is 18.4. The molecule has 0 atom stereocenters. The highest BCUT2D eigenvalue weighted by atomic mass is 16.6. The highest BCUT2D eigenvalue weighted by Gasteiger charge is 2.20. The van der Waals surface area contributed by atoms with Gasteiger partial charge in [0, 0.05) is 18.2 Å². The number of hydrogen-bond acceptors (Lipinski definition) is 6. The zero-order chi connectivity index (χ0) is 22.4. The molecule has 0 aliphatic heterocycles. The van der Waals surface area contributed by atoms with Crippen molar-refractivity contribution in [2.45, 2.75) is 26.7 Å². The first-order chi connectivity index (χ1) is 15.0. The number of hydrogen-bond donors (Lipinski definition) is 1. The van der Waals surface area contributed by atoms with Crippen molar-refractivity contribution in [3.63, 3.8) is 0 Å². The number of rotatable bonds is 9. The zero-order valence-corrected chi connectivity index (χ0v) is 18.4. The van der Waals surface area contributed by atoms with E-state index in [2.05, 4.69) is 12.2 Å². The summed E-state index contributed by atoms with van der Waals surface area (Å²) >= 11 is 0. The van der Waals surface area contributed by atoms with Gasteiger partial charge in [0.25, 0.3) is 11.9 Å². The Kier molecular flexibility index (Phi) is 7.07. The van der Waals surface area contributed by atoms with Gasteiger partial charge in [-0.2, -0.15) is 0 Å². The van der Waals surface area contributed by atoms with Crippen molar-refractivity contribution in [2.24, 2.45) is 0 Å². The van der Waals surface area contributed by atoms with E-state index in [9.17, 15) is 4.79 Å². The van der Waals surface area contributed by atoms with Crippen molar-refractivity contribution in [3.8, 4) is 28.9 Å². The third-order valence-electron chi connectivity index (χ3n) is 4.77. The van der Waals surface area contributed by atoms with Crippen LogP contribution in [0.2, 0.25) is 0 Å². The summed E-state index contributed by atoms with van der Waals surface area (Å²) in [6.07, 6.45) is 1.89. The summed E-state index contributed by atoms with van der Waals surface area (Å²) in [5, 5.41) is 2.78. The van der Waals surface area contributed by atoms with E-state index in [1.54, 1.807) is 24.3 Å². The average molecular weight is 425 g/mol. The van der Waals surface area contributed by atoms with E-state index in [4.69, 9.17) is 23.4 Å². The Labute approximate surface area is 181 Å². The monoisotopic (exact) mass is 425 g/mol. The molecule has 0 saturated carbocycles. The van der Waals surface area contributed by atoms with Crippen molar-refractivity contribution < 1.29 is 28.2 Å². The minimum atomic E-state index is -0.463. The molecule has 3 aromatic rings. The van der Waals surface area contributed by atoms with Crippen molar-refractivity contribution >= 4 is 11.6 Å². The van der Waals surface area contributed by atoms with E-state index in [0.29, 0.717) is 22.9 Å². The maximum atomic E-state index is 12.8. The summed E-state index contributed by atoms with van der Waals surface area (Å²) in [6, 6.07) is 12.5. The maximum Gasteiger partial charge on any atom is 0.291 e. The molecule has 1 N–H and O–H groups in total. The number of para-hydroxylation sites is 1. The van der Waals surface area contributed by atoms with Gasteiger partial charge in [-0.25, -0.2) is 0 Å². The van der Waals surface area contributed by atoms with Crippen molar-refractivity contribution in [1.29, 1.82) is 0 Å².